The highest BCUT2D eigenvalue weighted by Gasteiger charge is 2.00. The SMILES string of the molecule is CC(C)=NOc1cc(Br)ccc1Br. The molecule has 0 saturated heterocycles. The third kappa shape index (κ3) is 3.48. The Balaban J connectivity index is 2.87. The lowest BCUT2D eigenvalue weighted by Gasteiger charge is -2.02. The summed E-state index contributed by atoms with van der Waals surface area (Å²) in [5.74, 6) is 0.704. The fraction of sp³-hybridized carbons (Fsp3) is 0.222. The molecule has 4 heteroatoms. The van der Waals surface area contributed by atoms with Gasteiger partial charge in [0.25, 0.3) is 0 Å². The van der Waals surface area contributed by atoms with Crippen LogP contribution in [0, 0.1) is 0 Å². The van der Waals surface area contributed by atoms with E-state index in [9.17, 15) is 0 Å². The highest BCUT2D eigenvalue weighted by molar-refractivity contribution is 9.11. The van der Waals surface area contributed by atoms with Gasteiger partial charge in [-0.2, -0.15) is 0 Å². The topological polar surface area (TPSA) is 21.6 Å². The minimum Gasteiger partial charge on any atom is -0.356 e. The van der Waals surface area contributed by atoms with E-state index >= 15 is 0 Å². The Morgan fingerprint density at radius 2 is 2.00 bits per heavy atom. The van der Waals surface area contributed by atoms with Crippen LogP contribution in [0.3, 0.4) is 0 Å². The first kappa shape index (κ1) is 10.7. The van der Waals surface area contributed by atoms with Crippen LogP contribution in [0.25, 0.3) is 0 Å². The summed E-state index contributed by atoms with van der Waals surface area (Å²) in [5, 5.41) is 3.86. The van der Waals surface area contributed by atoms with Crippen molar-refractivity contribution in [3.8, 4) is 5.75 Å². The van der Waals surface area contributed by atoms with Gasteiger partial charge in [-0.3, -0.25) is 0 Å². The summed E-state index contributed by atoms with van der Waals surface area (Å²) >= 11 is 6.72. The summed E-state index contributed by atoms with van der Waals surface area (Å²) in [4.78, 5) is 5.19. The highest BCUT2D eigenvalue weighted by Crippen LogP contribution is 2.28. The maximum absolute atomic E-state index is 5.19. The standard InChI is InChI=1S/C9H9Br2NO/c1-6(2)12-13-9-5-7(10)3-4-8(9)11/h3-5H,1-2H3. The summed E-state index contributed by atoms with van der Waals surface area (Å²) in [6, 6.07) is 5.69. The van der Waals surface area contributed by atoms with E-state index in [0.29, 0.717) is 5.75 Å². The molecule has 0 radical (unpaired) electrons. The minimum atomic E-state index is 0.704. The third-order valence-corrected chi connectivity index (χ3v) is 2.37. The second-order valence-electron chi connectivity index (χ2n) is 2.70. The van der Waals surface area contributed by atoms with Gasteiger partial charge in [-0.15, -0.1) is 0 Å². The van der Waals surface area contributed by atoms with E-state index in [1.54, 1.807) is 0 Å². The van der Waals surface area contributed by atoms with Gasteiger partial charge in [0, 0.05) is 4.47 Å². The molecule has 0 fully saturated rings. The largest absolute Gasteiger partial charge is 0.356 e. The fourth-order valence-electron chi connectivity index (χ4n) is 0.688. The van der Waals surface area contributed by atoms with Crippen molar-refractivity contribution in [3.63, 3.8) is 0 Å². The minimum absolute atomic E-state index is 0.704. The van der Waals surface area contributed by atoms with Crippen molar-refractivity contribution < 1.29 is 4.84 Å². The Bertz CT molecular complexity index is 332. The average molecular weight is 307 g/mol. The number of halogens is 2. The van der Waals surface area contributed by atoms with Gasteiger partial charge in [0.2, 0.25) is 0 Å². The number of rotatable bonds is 2. The summed E-state index contributed by atoms with van der Waals surface area (Å²) in [7, 11) is 0. The number of hydrogen-bond acceptors (Lipinski definition) is 2. The molecule has 1 aromatic carbocycles. The molecule has 0 spiro atoms. The summed E-state index contributed by atoms with van der Waals surface area (Å²) in [6.07, 6.45) is 0. The molecule has 0 bridgehead atoms. The van der Waals surface area contributed by atoms with Crippen LogP contribution in [0.1, 0.15) is 13.8 Å². The fourth-order valence-corrected chi connectivity index (χ4v) is 1.35. The Labute approximate surface area is 94.2 Å². The van der Waals surface area contributed by atoms with Gasteiger partial charge < -0.3 is 4.84 Å². The van der Waals surface area contributed by atoms with Crippen LogP contribution in [-0.4, -0.2) is 5.71 Å². The zero-order chi connectivity index (χ0) is 9.84. The molecule has 0 heterocycles. The lowest BCUT2D eigenvalue weighted by atomic mass is 10.3. The Morgan fingerprint density at radius 1 is 1.31 bits per heavy atom. The van der Waals surface area contributed by atoms with E-state index < -0.39 is 0 Å². The third-order valence-electron chi connectivity index (χ3n) is 1.22. The zero-order valence-electron chi connectivity index (χ0n) is 7.34. The smallest absolute Gasteiger partial charge is 0.173 e. The normalized spacial score (nSPS) is 9.54. The number of nitrogens with zero attached hydrogens (tertiary/aromatic N) is 1. The van der Waals surface area contributed by atoms with E-state index in [2.05, 4.69) is 37.0 Å². The van der Waals surface area contributed by atoms with Crippen LogP contribution < -0.4 is 4.84 Å². The molecule has 0 aliphatic carbocycles. The second kappa shape index (κ2) is 4.77. The lowest BCUT2D eigenvalue weighted by Crippen LogP contribution is -1.89. The predicted molar refractivity (Wildman–Crippen MR) is 61.3 cm³/mol. The van der Waals surface area contributed by atoms with Crippen molar-refractivity contribution in [2.45, 2.75) is 13.8 Å². The molecule has 0 unspecified atom stereocenters. The molecule has 1 aromatic rings. The van der Waals surface area contributed by atoms with Crippen molar-refractivity contribution in [3.05, 3.63) is 27.1 Å². The van der Waals surface area contributed by atoms with E-state index in [1.165, 1.54) is 0 Å². The first-order chi connectivity index (χ1) is 6.09. The van der Waals surface area contributed by atoms with Gasteiger partial charge >= 0.3 is 0 Å². The van der Waals surface area contributed by atoms with E-state index in [1.807, 2.05) is 32.0 Å². The molecule has 0 aliphatic heterocycles. The van der Waals surface area contributed by atoms with Crippen molar-refractivity contribution in [2.75, 3.05) is 0 Å². The molecule has 0 aromatic heterocycles. The van der Waals surface area contributed by atoms with Gasteiger partial charge in [0.15, 0.2) is 5.75 Å². The lowest BCUT2D eigenvalue weighted by molar-refractivity contribution is 0.338. The van der Waals surface area contributed by atoms with Crippen LogP contribution in [0.15, 0.2) is 32.3 Å². The van der Waals surface area contributed by atoms with Crippen LogP contribution >= 0.6 is 31.9 Å². The molecule has 0 aliphatic rings. The maximum atomic E-state index is 5.19. The van der Waals surface area contributed by atoms with Gasteiger partial charge in [0.05, 0.1) is 10.2 Å². The van der Waals surface area contributed by atoms with Crippen molar-refractivity contribution in [1.82, 2.24) is 0 Å². The highest BCUT2D eigenvalue weighted by atomic mass is 79.9. The molecule has 1 rings (SSSR count). The molecule has 0 N–H and O–H groups in total. The first-order valence-corrected chi connectivity index (χ1v) is 5.31. The molecule has 2 nitrogen and oxygen atoms in total. The van der Waals surface area contributed by atoms with Gasteiger partial charge in [0.1, 0.15) is 0 Å². The Kier molecular flexibility index (Phi) is 3.93. The van der Waals surface area contributed by atoms with Crippen molar-refractivity contribution in [1.29, 1.82) is 0 Å². The predicted octanol–water partition coefficient (Wildman–Crippen LogP) is 3.99. The Hall–Kier alpha value is -0.350. The quantitative estimate of drug-likeness (QED) is 0.598. The van der Waals surface area contributed by atoms with Crippen LogP contribution in [0.5, 0.6) is 5.75 Å². The van der Waals surface area contributed by atoms with Crippen molar-refractivity contribution >= 4 is 37.6 Å². The molecular weight excluding hydrogens is 298 g/mol. The first-order valence-electron chi connectivity index (χ1n) is 3.73. The molecule has 70 valence electrons. The maximum Gasteiger partial charge on any atom is 0.173 e. The molecule has 13 heavy (non-hydrogen) atoms. The Morgan fingerprint density at radius 3 is 2.62 bits per heavy atom. The zero-order valence-corrected chi connectivity index (χ0v) is 10.5. The molecular formula is C9H9Br2NO. The van der Waals surface area contributed by atoms with E-state index in [4.69, 9.17) is 4.84 Å². The van der Waals surface area contributed by atoms with Crippen LogP contribution in [0.2, 0.25) is 0 Å². The summed E-state index contributed by atoms with van der Waals surface area (Å²) in [6.45, 7) is 3.76. The summed E-state index contributed by atoms with van der Waals surface area (Å²) in [5.41, 5.74) is 0.881. The van der Waals surface area contributed by atoms with E-state index in [0.717, 1.165) is 14.7 Å². The van der Waals surface area contributed by atoms with E-state index in [-0.39, 0.29) is 0 Å². The monoisotopic (exact) mass is 305 g/mol. The van der Waals surface area contributed by atoms with Crippen LogP contribution in [-0.2, 0) is 0 Å². The summed E-state index contributed by atoms with van der Waals surface area (Å²) < 4.78 is 1.86. The second-order valence-corrected chi connectivity index (χ2v) is 4.47. The number of hydrogen-bond donors (Lipinski definition) is 0. The van der Waals surface area contributed by atoms with Gasteiger partial charge in [-0.05, 0) is 48.0 Å². The molecule has 0 atom stereocenters. The average Bonchev–Trinajstić information content (AvgIpc) is 2.06. The van der Waals surface area contributed by atoms with Crippen LogP contribution in [0.4, 0.5) is 0 Å². The molecule has 0 amide bonds. The molecule has 0 saturated carbocycles. The van der Waals surface area contributed by atoms with Crippen molar-refractivity contribution in [2.24, 2.45) is 5.16 Å². The number of benzene rings is 1. The number of oxime groups is 1. The van der Waals surface area contributed by atoms with Gasteiger partial charge in [-0.25, -0.2) is 0 Å². The van der Waals surface area contributed by atoms with Gasteiger partial charge in [-0.1, -0.05) is 21.1 Å².